The van der Waals surface area contributed by atoms with Crippen LogP contribution in [0.5, 0.6) is 0 Å². The van der Waals surface area contributed by atoms with Crippen LogP contribution in [0.3, 0.4) is 0 Å². The lowest BCUT2D eigenvalue weighted by molar-refractivity contribution is -0.122. The summed E-state index contributed by atoms with van der Waals surface area (Å²) in [6.45, 7) is 1.67. The summed E-state index contributed by atoms with van der Waals surface area (Å²) in [6.07, 6.45) is 1.29. The number of benzene rings is 1. The molecule has 0 radical (unpaired) electrons. The van der Waals surface area contributed by atoms with Crippen molar-refractivity contribution in [2.75, 3.05) is 0 Å². The Hall–Kier alpha value is -2.34. The average Bonchev–Trinajstić information content (AvgIpc) is 2.42. The Bertz CT molecular complexity index is 749. The van der Waals surface area contributed by atoms with E-state index in [-0.39, 0.29) is 18.5 Å². The fourth-order valence-corrected chi connectivity index (χ4v) is 1.97. The molecule has 2 rings (SSSR count). The number of hydrogen-bond donors (Lipinski definition) is 2. The molecule has 110 valence electrons. The summed E-state index contributed by atoms with van der Waals surface area (Å²) >= 11 is 5.81. The van der Waals surface area contributed by atoms with E-state index in [4.69, 9.17) is 11.6 Å². The summed E-state index contributed by atoms with van der Waals surface area (Å²) < 4.78 is 1.13. The molecule has 0 aliphatic rings. The zero-order valence-electron chi connectivity index (χ0n) is 11.3. The van der Waals surface area contributed by atoms with Crippen LogP contribution in [0.4, 0.5) is 0 Å². The Labute approximate surface area is 125 Å². The number of nitrogens with zero attached hydrogens (tertiary/aromatic N) is 1. The Balaban J connectivity index is 2.02. The lowest BCUT2D eigenvalue weighted by Crippen LogP contribution is -2.36. The summed E-state index contributed by atoms with van der Waals surface area (Å²) in [7, 11) is 0. The highest BCUT2D eigenvalue weighted by molar-refractivity contribution is 6.30. The van der Waals surface area contributed by atoms with Crippen molar-refractivity contribution in [3.05, 3.63) is 68.0 Å². The van der Waals surface area contributed by atoms with Crippen LogP contribution in [-0.2, 0) is 11.3 Å². The van der Waals surface area contributed by atoms with E-state index in [9.17, 15) is 14.4 Å². The standard InChI is InChI=1S/C14H14ClN3O3/c1-9(10-2-4-11(15)5-3-10)16-13(20)8-18-7-6-12(19)17-14(18)21/h2-7,9H,8H2,1H3,(H,16,20)(H,17,19,21). The molecule has 1 unspecified atom stereocenters. The number of carbonyl (C=O) groups excluding carboxylic acids is 1. The van der Waals surface area contributed by atoms with Crippen molar-refractivity contribution >= 4 is 17.5 Å². The molecular weight excluding hydrogens is 294 g/mol. The molecule has 0 bridgehead atoms. The van der Waals surface area contributed by atoms with Crippen molar-refractivity contribution in [3.8, 4) is 0 Å². The normalized spacial score (nSPS) is 11.9. The minimum atomic E-state index is -0.614. The molecule has 0 spiro atoms. The topological polar surface area (TPSA) is 84.0 Å². The van der Waals surface area contributed by atoms with Gasteiger partial charge in [0.05, 0.1) is 6.04 Å². The van der Waals surface area contributed by atoms with Crippen LogP contribution in [0.15, 0.2) is 46.1 Å². The van der Waals surface area contributed by atoms with Gasteiger partial charge in [-0.2, -0.15) is 0 Å². The third-order valence-corrected chi connectivity index (χ3v) is 3.21. The van der Waals surface area contributed by atoms with Crippen LogP contribution in [-0.4, -0.2) is 15.5 Å². The number of halogens is 1. The second-order valence-electron chi connectivity index (χ2n) is 4.58. The van der Waals surface area contributed by atoms with E-state index in [0.717, 1.165) is 10.1 Å². The molecule has 6 nitrogen and oxygen atoms in total. The van der Waals surface area contributed by atoms with Gasteiger partial charge in [-0.25, -0.2) is 4.79 Å². The molecule has 0 saturated heterocycles. The number of aromatic amines is 1. The van der Waals surface area contributed by atoms with E-state index in [1.54, 1.807) is 12.1 Å². The second kappa shape index (κ2) is 6.41. The third kappa shape index (κ3) is 4.06. The number of hydrogen-bond acceptors (Lipinski definition) is 3. The smallest absolute Gasteiger partial charge is 0.328 e. The Morgan fingerprint density at radius 2 is 1.95 bits per heavy atom. The molecule has 2 N–H and O–H groups in total. The molecule has 1 heterocycles. The minimum Gasteiger partial charge on any atom is -0.348 e. The van der Waals surface area contributed by atoms with Gasteiger partial charge in [0, 0.05) is 17.3 Å². The maximum atomic E-state index is 11.9. The second-order valence-corrected chi connectivity index (χ2v) is 5.02. The van der Waals surface area contributed by atoms with Gasteiger partial charge in [0.25, 0.3) is 5.56 Å². The van der Waals surface area contributed by atoms with Crippen molar-refractivity contribution in [3.63, 3.8) is 0 Å². The zero-order chi connectivity index (χ0) is 15.4. The van der Waals surface area contributed by atoms with Gasteiger partial charge in [-0.05, 0) is 24.6 Å². The van der Waals surface area contributed by atoms with Crippen LogP contribution in [0.1, 0.15) is 18.5 Å². The lowest BCUT2D eigenvalue weighted by atomic mass is 10.1. The number of amides is 1. The minimum absolute atomic E-state index is 0.159. The fraction of sp³-hybridized carbons (Fsp3) is 0.214. The van der Waals surface area contributed by atoms with Crippen molar-refractivity contribution in [2.24, 2.45) is 0 Å². The molecule has 0 aliphatic carbocycles. The lowest BCUT2D eigenvalue weighted by Gasteiger charge is -2.14. The molecular formula is C14H14ClN3O3. The first kappa shape index (κ1) is 15.1. The summed E-state index contributed by atoms with van der Waals surface area (Å²) in [6, 6.07) is 8.10. The zero-order valence-corrected chi connectivity index (χ0v) is 12.1. The number of rotatable bonds is 4. The number of nitrogens with one attached hydrogen (secondary N) is 2. The van der Waals surface area contributed by atoms with Gasteiger partial charge >= 0.3 is 5.69 Å². The quantitative estimate of drug-likeness (QED) is 0.886. The summed E-state index contributed by atoms with van der Waals surface area (Å²) in [5, 5.41) is 3.39. The first-order valence-electron chi connectivity index (χ1n) is 6.30. The Morgan fingerprint density at radius 3 is 2.57 bits per heavy atom. The molecule has 1 amide bonds. The van der Waals surface area contributed by atoms with Gasteiger partial charge in [-0.3, -0.25) is 19.1 Å². The van der Waals surface area contributed by atoms with Crippen LogP contribution in [0.2, 0.25) is 5.02 Å². The van der Waals surface area contributed by atoms with Gasteiger partial charge in [0.2, 0.25) is 5.91 Å². The van der Waals surface area contributed by atoms with Gasteiger partial charge in [-0.15, -0.1) is 0 Å². The Morgan fingerprint density at radius 1 is 1.29 bits per heavy atom. The van der Waals surface area contributed by atoms with Crippen LogP contribution >= 0.6 is 11.6 Å². The van der Waals surface area contributed by atoms with Crippen LogP contribution < -0.4 is 16.6 Å². The SMILES string of the molecule is CC(NC(=O)Cn1ccc(=O)[nH]c1=O)c1ccc(Cl)cc1. The first-order valence-corrected chi connectivity index (χ1v) is 6.68. The molecule has 1 aromatic heterocycles. The molecule has 0 fully saturated rings. The maximum Gasteiger partial charge on any atom is 0.328 e. The molecule has 21 heavy (non-hydrogen) atoms. The number of carbonyl (C=O) groups is 1. The van der Waals surface area contributed by atoms with Crippen molar-refractivity contribution < 1.29 is 4.79 Å². The predicted molar refractivity (Wildman–Crippen MR) is 79.3 cm³/mol. The molecule has 7 heteroatoms. The van der Waals surface area contributed by atoms with Gasteiger partial charge in [0.1, 0.15) is 6.54 Å². The van der Waals surface area contributed by atoms with Crippen molar-refractivity contribution in [1.82, 2.24) is 14.9 Å². The van der Waals surface area contributed by atoms with Crippen molar-refractivity contribution in [1.29, 1.82) is 0 Å². The van der Waals surface area contributed by atoms with Crippen molar-refractivity contribution in [2.45, 2.75) is 19.5 Å². The van der Waals surface area contributed by atoms with Crippen LogP contribution in [0, 0.1) is 0 Å². The molecule has 0 saturated carbocycles. The largest absolute Gasteiger partial charge is 0.348 e. The molecule has 1 atom stereocenters. The van der Waals surface area contributed by atoms with Gasteiger partial charge in [-0.1, -0.05) is 23.7 Å². The highest BCUT2D eigenvalue weighted by Gasteiger charge is 2.10. The molecule has 1 aromatic carbocycles. The van der Waals surface area contributed by atoms with E-state index in [0.29, 0.717) is 5.02 Å². The van der Waals surface area contributed by atoms with Crippen LogP contribution in [0.25, 0.3) is 0 Å². The highest BCUT2D eigenvalue weighted by Crippen LogP contribution is 2.15. The monoisotopic (exact) mass is 307 g/mol. The molecule has 2 aromatic rings. The highest BCUT2D eigenvalue weighted by atomic mass is 35.5. The van der Waals surface area contributed by atoms with E-state index in [1.807, 2.05) is 19.1 Å². The summed E-state index contributed by atoms with van der Waals surface area (Å²) in [4.78, 5) is 36.4. The van der Waals surface area contributed by atoms with E-state index in [1.165, 1.54) is 12.3 Å². The Kier molecular flexibility index (Phi) is 4.59. The first-order chi connectivity index (χ1) is 9.95. The number of aromatic nitrogens is 2. The van der Waals surface area contributed by atoms with Gasteiger partial charge in [0.15, 0.2) is 0 Å². The number of H-pyrrole nitrogens is 1. The van der Waals surface area contributed by atoms with E-state index < -0.39 is 11.2 Å². The third-order valence-electron chi connectivity index (χ3n) is 2.96. The summed E-state index contributed by atoms with van der Waals surface area (Å²) in [5.41, 5.74) is -0.204. The predicted octanol–water partition coefficient (Wildman–Crippen LogP) is 1.07. The fourth-order valence-electron chi connectivity index (χ4n) is 1.85. The maximum absolute atomic E-state index is 11.9. The molecule has 0 aliphatic heterocycles. The summed E-state index contributed by atoms with van der Waals surface area (Å²) in [5.74, 6) is -0.327. The van der Waals surface area contributed by atoms with E-state index >= 15 is 0 Å². The average molecular weight is 308 g/mol. The van der Waals surface area contributed by atoms with Gasteiger partial charge < -0.3 is 5.32 Å². The van der Waals surface area contributed by atoms with E-state index in [2.05, 4.69) is 10.3 Å².